The Morgan fingerprint density at radius 2 is 1.88 bits per heavy atom. The van der Waals surface area contributed by atoms with Gasteiger partial charge in [0.1, 0.15) is 6.61 Å². The lowest BCUT2D eigenvalue weighted by Gasteiger charge is -2.17. The second kappa shape index (κ2) is 5.64. The van der Waals surface area contributed by atoms with Gasteiger partial charge < -0.3 is 14.8 Å². The molecule has 0 saturated heterocycles. The molecule has 92 valence electrons. The topological polar surface area (TPSA) is 47.6 Å². The second-order valence-corrected chi connectivity index (χ2v) is 4.81. The van der Waals surface area contributed by atoms with E-state index in [2.05, 4.69) is 5.32 Å². The summed E-state index contributed by atoms with van der Waals surface area (Å²) < 4.78 is 10.0. The first-order valence-corrected chi connectivity index (χ1v) is 6.17. The van der Waals surface area contributed by atoms with Gasteiger partial charge in [-0.2, -0.15) is 0 Å². The van der Waals surface area contributed by atoms with Crippen molar-refractivity contribution in [3.63, 3.8) is 0 Å². The molecule has 0 aromatic rings. The summed E-state index contributed by atoms with van der Waals surface area (Å²) in [5, 5.41) is 3.11. The average Bonchev–Trinajstić information content (AvgIpc) is 3.15. The Morgan fingerprint density at radius 3 is 2.38 bits per heavy atom. The summed E-state index contributed by atoms with van der Waals surface area (Å²) in [4.78, 5) is 11.6. The Hall–Kier alpha value is -0.610. The van der Waals surface area contributed by atoms with Crippen LogP contribution in [0.25, 0.3) is 0 Å². The van der Waals surface area contributed by atoms with E-state index in [-0.39, 0.29) is 12.5 Å². The molecule has 4 heteroatoms. The first-order valence-electron chi connectivity index (χ1n) is 6.17. The minimum absolute atomic E-state index is 0.0277. The Kier molecular flexibility index (Phi) is 4.18. The molecular formula is C12H21NO3. The van der Waals surface area contributed by atoms with Crippen LogP contribution < -0.4 is 5.32 Å². The summed E-state index contributed by atoms with van der Waals surface area (Å²) in [6.45, 7) is 1.20. The lowest BCUT2D eigenvalue weighted by Crippen LogP contribution is -2.40. The molecule has 0 radical (unpaired) electrons. The van der Waals surface area contributed by atoms with E-state index in [1.807, 2.05) is 0 Å². The number of methoxy groups -OCH3 is 1. The van der Waals surface area contributed by atoms with Crippen LogP contribution in [0.2, 0.25) is 0 Å². The van der Waals surface area contributed by atoms with E-state index < -0.39 is 0 Å². The molecule has 2 fully saturated rings. The molecule has 0 aromatic carbocycles. The normalized spacial score (nSPS) is 20.1. The Bertz CT molecular complexity index is 224. The highest BCUT2D eigenvalue weighted by atomic mass is 16.5. The van der Waals surface area contributed by atoms with Crippen molar-refractivity contribution in [1.82, 2.24) is 5.32 Å². The van der Waals surface area contributed by atoms with Crippen LogP contribution in [0.3, 0.4) is 0 Å². The number of hydrogen-bond donors (Lipinski definition) is 1. The van der Waals surface area contributed by atoms with Gasteiger partial charge in [0, 0.05) is 13.2 Å². The molecule has 0 unspecified atom stereocenters. The van der Waals surface area contributed by atoms with Crippen LogP contribution in [0.4, 0.5) is 0 Å². The molecule has 2 aliphatic rings. The van der Waals surface area contributed by atoms with Gasteiger partial charge in [-0.05, 0) is 37.5 Å². The highest BCUT2D eigenvalue weighted by Crippen LogP contribution is 2.44. The van der Waals surface area contributed by atoms with Crippen LogP contribution in [0.1, 0.15) is 25.7 Å². The van der Waals surface area contributed by atoms with Gasteiger partial charge in [0.05, 0.1) is 13.2 Å². The molecule has 0 bridgehead atoms. The Labute approximate surface area is 96.7 Å². The second-order valence-electron chi connectivity index (χ2n) is 4.81. The molecule has 1 N–H and O–H groups in total. The predicted octanol–water partition coefficient (Wildman–Crippen LogP) is 0.954. The van der Waals surface area contributed by atoms with Gasteiger partial charge in [0.25, 0.3) is 0 Å². The minimum Gasteiger partial charge on any atom is -0.382 e. The fraction of sp³-hybridized carbons (Fsp3) is 0.917. The SMILES string of the molecule is COCCOCC(=O)NC(C1CC1)C1CC1. The van der Waals surface area contributed by atoms with Crippen LogP contribution in [0.15, 0.2) is 0 Å². The van der Waals surface area contributed by atoms with E-state index in [0.717, 1.165) is 11.8 Å². The number of ether oxygens (including phenoxy) is 2. The van der Waals surface area contributed by atoms with Crippen molar-refractivity contribution in [3.8, 4) is 0 Å². The average molecular weight is 227 g/mol. The molecule has 2 rings (SSSR count). The number of carbonyl (C=O) groups excluding carboxylic acids is 1. The van der Waals surface area contributed by atoms with Crippen molar-refractivity contribution in [3.05, 3.63) is 0 Å². The minimum atomic E-state index is 0.0277. The van der Waals surface area contributed by atoms with Crippen LogP contribution >= 0.6 is 0 Å². The molecule has 0 aromatic heterocycles. The predicted molar refractivity (Wildman–Crippen MR) is 60.1 cm³/mol. The van der Waals surface area contributed by atoms with Crippen molar-refractivity contribution < 1.29 is 14.3 Å². The maximum absolute atomic E-state index is 11.6. The molecule has 2 saturated carbocycles. The molecule has 0 heterocycles. The molecule has 0 aliphatic heterocycles. The summed E-state index contributed by atoms with van der Waals surface area (Å²) in [6.07, 6.45) is 5.13. The lowest BCUT2D eigenvalue weighted by atomic mass is 10.1. The summed E-state index contributed by atoms with van der Waals surface area (Å²) in [6, 6.07) is 0.429. The molecule has 1 amide bonds. The Morgan fingerprint density at radius 1 is 1.25 bits per heavy atom. The van der Waals surface area contributed by atoms with E-state index in [1.165, 1.54) is 25.7 Å². The monoisotopic (exact) mass is 227 g/mol. The van der Waals surface area contributed by atoms with Gasteiger partial charge in [-0.1, -0.05) is 0 Å². The number of nitrogens with one attached hydrogen (secondary N) is 1. The van der Waals surface area contributed by atoms with E-state index in [4.69, 9.17) is 9.47 Å². The zero-order valence-electron chi connectivity index (χ0n) is 9.91. The van der Waals surface area contributed by atoms with Gasteiger partial charge in [0.2, 0.25) is 5.91 Å². The number of hydrogen-bond acceptors (Lipinski definition) is 3. The summed E-state index contributed by atoms with van der Waals surface area (Å²) in [7, 11) is 1.62. The van der Waals surface area contributed by atoms with Gasteiger partial charge in [-0.25, -0.2) is 0 Å². The molecular weight excluding hydrogens is 206 g/mol. The van der Waals surface area contributed by atoms with Crippen LogP contribution in [0, 0.1) is 11.8 Å². The number of amides is 1. The summed E-state index contributed by atoms with van der Waals surface area (Å²) in [5.41, 5.74) is 0. The first-order chi connectivity index (χ1) is 7.81. The lowest BCUT2D eigenvalue weighted by molar-refractivity contribution is -0.127. The number of carbonyl (C=O) groups is 1. The van der Waals surface area contributed by atoms with E-state index >= 15 is 0 Å². The van der Waals surface area contributed by atoms with Crippen LogP contribution in [0.5, 0.6) is 0 Å². The highest BCUT2D eigenvalue weighted by molar-refractivity contribution is 5.77. The third-order valence-electron chi connectivity index (χ3n) is 3.25. The summed E-state index contributed by atoms with van der Waals surface area (Å²) >= 11 is 0. The first kappa shape index (κ1) is 11.9. The molecule has 2 aliphatic carbocycles. The van der Waals surface area contributed by atoms with Crippen molar-refractivity contribution in [1.29, 1.82) is 0 Å². The Balaban J connectivity index is 1.61. The van der Waals surface area contributed by atoms with Crippen molar-refractivity contribution >= 4 is 5.91 Å². The molecule has 0 spiro atoms. The quantitative estimate of drug-likeness (QED) is 0.628. The zero-order chi connectivity index (χ0) is 11.4. The zero-order valence-corrected chi connectivity index (χ0v) is 9.91. The van der Waals surface area contributed by atoms with E-state index in [9.17, 15) is 4.79 Å². The fourth-order valence-electron chi connectivity index (χ4n) is 2.07. The van der Waals surface area contributed by atoms with Gasteiger partial charge in [-0.15, -0.1) is 0 Å². The highest BCUT2D eigenvalue weighted by Gasteiger charge is 2.42. The number of rotatable bonds is 8. The summed E-state index contributed by atoms with van der Waals surface area (Å²) in [5.74, 6) is 1.52. The maximum atomic E-state index is 11.6. The molecule has 4 nitrogen and oxygen atoms in total. The van der Waals surface area contributed by atoms with Crippen molar-refractivity contribution in [2.45, 2.75) is 31.7 Å². The largest absolute Gasteiger partial charge is 0.382 e. The van der Waals surface area contributed by atoms with Crippen LogP contribution in [-0.4, -0.2) is 38.9 Å². The van der Waals surface area contributed by atoms with Crippen molar-refractivity contribution in [2.75, 3.05) is 26.9 Å². The van der Waals surface area contributed by atoms with Gasteiger partial charge >= 0.3 is 0 Å². The molecule has 16 heavy (non-hydrogen) atoms. The smallest absolute Gasteiger partial charge is 0.246 e. The maximum Gasteiger partial charge on any atom is 0.246 e. The van der Waals surface area contributed by atoms with E-state index in [0.29, 0.717) is 19.3 Å². The van der Waals surface area contributed by atoms with Crippen LogP contribution in [-0.2, 0) is 14.3 Å². The molecule has 0 atom stereocenters. The van der Waals surface area contributed by atoms with E-state index in [1.54, 1.807) is 7.11 Å². The fourth-order valence-corrected chi connectivity index (χ4v) is 2.07. The third kappa shape index (κ3) is 3.76. The third-order valence-corrected chi connectivity index (χ3v) is 3.25. The standard InChI is InChI=1S/C12H21NO3/c1-15-6-7-16-8-11(14)13-12(9-2-3-9)10-4-5-10/h9-10,12H,2-8H2,1H3,(H,13,14). The van der Waals surface area contributed by atoms with Crippen molar-refractivity contribution in [2.24, 2.45) is 11.8 Å². The van der Waals surface area contributed by atoms with Gasteiger partial charge in [0.15, 0.2) is 0 Å². The van der Waals surface area contributed by atoms with Gasteiger partial charge in [-0.3, -0.25) is 4.79 Å².